The van der Waals surface area contributed by atoms with Crippen molar-refractivity contribution < 1.29 is 4.79 Å². The van der Waals surface area contributed by atoms with Crippen LogP contribution in [0.1, 0.15) is 25.7 Å². The van der Waals surface area contributed by atoms with Crippen molar-refractivity contribution in [2.24, 2.45) is 17.8 Å². The molecule has 0 heterocycles. The fraction of sp³-hybridized carbons (Fsp3) is 0.700. The Morgan fingerprint density at radius 2 is 2.09 bits per heavy atom. The predicted molar refractivity (Wildman–Crippen MR) is 42.8 cm³/mol. The molecule has 0 amide bonds. The van der Waals surface area contributed by atoms with E-state index in [2.05, 4.69) is 5.92 Å². The number of ketones is 1. The van der Waals surface area contributed by atoms with Crippen LogP contribution >= 0.6 is 0 Å². The number of terminal acetylenes is 1. The van der Waals surface area contributed by atoms with Gasteiger partial charge < -0.3 is 0 Å². The molecule has 0 bridgehead atoms. The van der Waals surface area contributed by atoms with Crippen molar-refractivity contribution in [3.63, 3.8) is 0 Å². The van der Waals surface area contributed by atoms with Crippen molar-refractivity contribution >= 4 is 5.78 Å². The zero-order valence-electron chi connectivity index (χ0n) is 6.55. The second kappa shape index (κ2) is 2.37. The van der Waals surface area contributed by atoms with Crippen molar-refractivity contribution in [3.05, 3.63) is 0 Å². The van der Waals surface area contributed by atoms with Gasteiger partial charge in [-0.1, -0.05) is 12.3 Å². The Morgan fingerprint density at radius 3 is 2.64 bits per heavy atom. The third-order valence-corrected chi connectivity index (χ3v) is 3.05. The van der Waals surface area contributed by atoms with Gasteiger partial charge in [-0.25, -0.2) is 0 Å². The van der Waals surface area contributed by atoms with E-state index in [1.54, 1.807) is 0 Å². The molecule has 0 saturated heterocycles. The lowest BCUT2D eigenvalue weighted by molar-refractivity contribution is -0.120. The second-order valence-electron chi connectivity index (χ2n) is 3.63. The van der Waals surface area contributed by atoms with Gasteiger partial charge >= 0.3 is 0 Å². The molecule has 2 fully saturated rings. The van der Waals surface area contributed by atoms with Crippen LogP contribution in [0.3, 0.4) is 0 Å². The van der Waals surface area contributed by atoms with Gasteiger partial charge in [-0.05, 0) is 24.7 Å². The first kappa shape index (κ1) is 6.91. The van der Waals surface area contributed by atoms with E-state index in [4.69, 9.17) is 6.42 Å². The van der Waals surface area contributed by atoms with Gasteiger partial charge in [-0.15, -0.1) is 6.42 Å². The number of rotatable bonds is 2. The van der Waals surface area contributed by atoms with Crippen LogP contribution in [0.5, 0.6) is 0 Å². The average Bonchev–Trinajstić information content (AvgIpc) is 2.47. The Bertz CT molecular complexity index is 214. The van der Waals surface area contributed by atoms with Gasteiger partial charge in [0.1, 0.15) is 5.78 Å². The van der Waals surface area contributed by atoms with Crippen molar-refractivity contribution in [3.8, 4) is 12.3 Å². The zero-order chi connectivity index (χ0) is 7.84. The van der Waals surface area contributed by atoms with E-state index in [1.165, 1.54) is 19.3 Å². The van der Waals surface area contributed by atoms with Crippen molar-refractivity contribution in [2.45, 2.75) is 25.7 Å². The van der Waals surface area contributed by atoms with Crippen LogP contribution in [0, 0.1) is 30.1 Å². The predicted octanol–water partition coefficient (Wildman–Crippen LogP) is 1.62. The third-order valence-electron chi connectivity index (χ3n) is 3.05. The maximum atomic E-state index is 11.3. The van der Waals surface area contributed by atoms with E-state index in [1.807, 2.05) is 0 Å². The highest BCUT2D eigenvalue weighted by atomic mass is 16.1. The molecule has 0 aromatic heterocycles. The Labute approximate surface area is 67.2 Å². The summed E-state index contributed by atoms with van der Waals surface area (Å²) >= 11 is 0. The quantitative estimate of drug-likeness (QED) is 0.544. The van der Waals surface area contributed by atoms with Crippen LogP contribution in [-0.4, -0.2) is 5.78 Å². The summed E-state index contributed by atoms with van der Waals surface area (Å²) in [6, 6.07) is 0. The molecule has 1 nitrogen and oxygen atoms in total. The molecule has 0 N–H and O–H groups in total. The highest BCUT2D eigenvalue weighted by molar-refractivity contribution is 5.86. The van der Waals surface area contributed by atoms with Crippen LogP contribution in [0.15, 0.2) is 0 Å². The molecule has 11 heavy (non-hydrogen) atoms. The summed E-state index contributed by atoms with van der Waals surface area (Å²) < 4.78 is 0. The summed E-state index contributed by atoms with van der Waals surface area (Å²) in [5.74, 6) is 4.59. The molecule has 58 valence electrons. The molecule has 0 spiro atoms. The number of fused-ring (bicyclic) bond motifs is 1. The highest BCUT2D eigenvalue weighted by Gasteiger charge is 2.55. The SMILES string of the molecule is C#CCC(=O)C1C2CCCC21. The molecule has 0 radical (unpaired) electrons. The molecule has 2 atom stereocenters. The molecule has 2 saturated carbocycles. The Hall–Kier alpha value is -0.770. The molecule has 2 aliphatic rings. The van der Waals surface area contributed by atoms with Crippen molar-refractivity contribution in [1.82, 2.24) is 0 Å². The van der Waals surface area contributed by atoms with Gasteiger partial charge in [0.05, 0.1) is 6.42 Å². The normalized spacial score (nSPS) is 39.4. The van der Waals surface area contributed by atoms with E-state index in [0.29, 0.717) is 18.1 Å². The molecule has 2 rings (SSSR count). The third kappa shape index (κ3) is 0.976. The first-order valence-corrected chi connectivity index (χ1v) is 4.31. The summed E-state index contributed by atoms with van der Waals surface area (Å²) in [6.07, 6.45) is 9.30. The fourth-order valence-corrected chi connectivity index (χ4v) is 2.52. The Balaban J connectivity index is 1.91. The standard InChI is InChI=1S/C10H12O/c1-2-4-9(11)10-7-5-3-6-8(7)10/h1,7-8,10H,3-6H2. The van der Waals surface area contributed by atoms with Crippen molar-refractivity contribution in [2.75, 3.05) is 0 Å². The van der Waals surface area contributed by atoms with E-state index in [0.717, 1.165) is 11.8 Å². The summed E-state index contributed by atoms with van der Waals surface area (Å²) in [4.78, 5) is 11.3. The summed E-state index contributed by atoms with van der Waals surface area (Å²) in [6.45, 7) is 0. The lowest BCUT2D eigenvalue weighted by Crippen LogP contribution is -2.03. The Kier molecular flexibility index (Phi) is 1.49. The van der Waals surface area contributed by atoms with Gasteiger partial charge in [-0.2, -0.15) is 0 Å². The minimum Gasteiger partial charge on any atom is -0.298 e. The number of carbonyl (C=O) groups is 1. The Morgan fingerprint density at radius 1 is 1.45 bits per heavy atom. The fourth-order valence-electron chi connectivity index (χ4n) is 2.52. The lowest BCUT2D eigenvalue weighted by Gasteiger charge is -1.97. The molecule has 1 heteroatoms. The topological polar surface area (TPSA) is 17.1 Å². The van der Waals surface area contributed by atoms with Gasteiger partial charge in [0.2, 0.25) is 0 Å². The monoisotopic (exact) mass is 148 g/mol. The van der Waals surface area contributed by atoms with E-state index >= 15 is 0 Å². The summed E-state index contributed by atoms with van der Waals surface area (Å²) in [5.41, 5.74) is 0. The van der Waals surface area contributed by atoms with Gasteiger partial charge in [-0.3, -0.25) is 4.79 Å². The van der Waals surface area contributed by atoms with E-state index in [-0.39, 0.29) is 0 Å². The zero-order valence-corrected chi connectivity index (χ0v) is 6.55. The van der Waals surface area contributed by atoms with Crippen LogP contribution in [0.25, 0.3) is 0 Å². The second-order valence-corrected chi connectivity index (χ2v) is 3.63. The molecular formula is C10H12O. The largest absolute Gasteiger partial charge is 0.298 e. The van der Waals surface area contributed by atoms with Crippen molar-refractivity contribution in [1.29, 1.82) is 0 Å². The molecule has 0 aromatic carbocycles. The molecule has 2 unspecified atom stereocenters. The molecule has 0 aromatic rings. The number of hydrogen-bond acceptors (Lipinski definition) is 1. The van der Waals surface area contributed by atoms with Crippen LogP contribution in [0.2, 0.25) is 0 Å². The average molecular weight is 148 g/mol. The minimum atomic E-state index is 0.321. The van der Waals surface area contributed by atoms with Gasteiger partial charge in [0, 0.05) is 5.92 Å². The first-order valence-electron chi connectivity index (χ1n) is 4.31. The molecule has 2 aliphatic carbocycles. The number of hydrogen-bond donors (Lipinski definition) is 0. The molecule has 0 aliphatic heterocycles. The smallest absolute Gasteiger partial charge is 0.148 e. The van der Waals surface area contributed by atoms with Crippen LogP contribution in [-0.2, 0) is 4.79 Å². The van der Waals surface area contributed by atoms with Gasteiger partial charge in [0.15, 0.2) is 0 Å². The minimum absolute atomic E-state index is 0.321. The highest BCUT2D eigenvalue weighted by Crippen LogP contribution is 2.58. The maximum Gasteiger partial charge on any atom is 0.148 e. The number of Topliss-reactive ketones (excluding diaryl/α,β-unsaturated/α-hetero) is 1. The van der Waals surface area contributed by atoms with E-state index in [9.17, 15) is 4.79 Å². The summed E-state index contributed by atoms with van der Waals surface area (Å²) in [7, 11) is 0. The first-order chi connectivity index (χ1) is 5.34. The number of carbonyl (C=O) groups excluding carboxylic acids is 1. The van der Waals surface area contributed by atoms with Crippen LogP contribution < -0.4 is 0 Å². The summed E-state index contributed by atoms with van der Waals surface area (Å²) in [5, 5.41) is 0. The molecular weight excluding hydrogens is 136 g/mol. The van der Waals surface area contributed by atoms with Crippen LogP contribution in [0.4, 0.5) is 0 Å². The van der Waals surface area contributed by atoms with Gasteiger partial charge in [0.25, 0.3) is 0 Å². The lowest BCUT2D eigenvalue weighted by atomic mass is 10.1. The van der Waals surface area contributed by atoms with E-state index < -0.39 is 0 Å². The maximum absolute atomic E-state index is 11.3.